The Hall–Kier alpha value is -1.89. The van der Waals surface area contributed by atoms with Crippen molar-refractivity contribution in [2.45, 2.75) is 20.3 Å². The SMILES string of the molecule is CC(C)Cc1c(N)noc1-c1ccc([N+](=O)[O-])s1. The Morgan fingerprint density at radius 1 is 1.56 bits per heavy atom. The molecular weight excluding hydrogens is 254 g/mol. The van der Waals surface area contributed by atoms with Crippen molar-refractivity contribution in [3.63, 3.8) is 0 Å². The molecule has 2 aromatic heterocycles. The van der Waals surface area contributed by atoms with Gasteiger partial charge in [-0.15, -0.1) is 0 Å². The number of nitrogen functional groups attached to an aromatic ring is 1. The summed E-state index contributed by atoms with van der Waals surface area (Å²) in [6, 6.07) is 3.12. The Morgan fingerprint density at radius 3 is 2.83 bits per heavy atom. The number of aromatic nitrogens is 1. The molecule has 0 aromatic carbocycles. The lowest BCUT2D eigenvalue weighted by atomic mass is 10.0. The van der Waals surface area contributed by atoms with E-state index in [1.165, 1.54) is 6.07 Å². The van der Waals surface area contributed by atoms with Gasteiger partial charge in [-0.25, -0.2) is 0 Å². The molecule has 0 radical (unpaired) electrons. The fourth-order valence-corrected chi connectivity index (χ4v) is 2.49. The molecule has 0 aliphatic heterocycles. The van der Waals surface area contributed by atoms with Crippen LogP contribution in [-0.2, 0) is 6.42 Å². The van der Waals surface area contributed by atoms with Crippen LogP contribution in [0.4, 0.5) is 10.8 Å². The fraction of sp³-hybridized carbons (Fsp3) is 0.364. The van der Waals surface area contributed by atoms with Crippen molar-refractivity contribution in [3.8, 4) is 10.6 Å². The molecule has 0 saturated carbocycles. The molecule has 2 heterocycles. The van der Waals surface area contributed by atoms with E-state index >= 15 is 0 Å². The summed E-state index contributed by atoms with van der Waals surface area (Å²) >= 11 is 1.06. The highest BCUT2D eigenvalue weighted by atomic mass is 32.1. The zero-order valence-electron chi connectivity index (χ0n) is 10.0. The molecule has 0 amide bonds. The predicted octanol–water partition coefficient (Wildman–Crippen LogP) is 3.09. The van der Waals surface area contributed by atoms with Crippen LogP contribution in [-0.4, -0.2) is 10.1 Å². The van der Waals surface area contributed by atoms with Crippen molar-refractivity contribution in [1.82, 2.24) is 5.16 Å². The monoisotopic (exact) mass is 267 g/mol. The molecule has 0 aliphatic rings. The molecule has 0 bridgehead atoms. The summed E-state index contributed by atoms with van der Waals surface area (Å²) in [4.78, 5) is 10.9. The van der Waals surface area contributed by atoms with Crippen molar-refractivity contribution in [3.05, 3.63) is 27.8 Å². The quantitative estimate of drug-likeness (QED) is 0.678. The first-order valence-electron chi connectivity index (χ1n) is 5.47. The number of rotatable bonds is 4. The van der Waals surface area contributed by atoms with Crippen LogP contribution in [0.2, 0.25) is 0 Å². The van der Waals surface area contributed by atoms with E-state index < -0.39 is 4.92 Å². The highest BCUT2D eigenvalue weighted by Gasteiger charge is 2.20. The third-order valence-electron chi connectivity index (χ3n) is 2.43. The number of nitro groups is 1. The molecule has 0 fully saturated rings. The first kappa shape index (κ1) is 12.6. The van der Waals surface area contributed by atoms with Crippen LogP contribution in [0, 0.1) is 16.0 Å². The molecule has 2 aromatic rings. The maximum Gasteiger partial charge on any atom is 0.324 e. The summed E-state index contributed by atoms with van der Waals surface area (Å²) in [5, 5.41) is 14.5. The normalized spacial score (nSPS) is 11.1. The largest absolute Gasteiger partial charge is 0.381 e. The van der Waals surface area contributed by atoms with E-state index in [9.17, 15) is 10.1 Å². The van der Waals surface area contributed by atoms with Crippen molar-refractivity contribution in [2.75, 3.05) is 5.73 Å². The summed E-state index contributed by atoms with van der Waals surface area (Å²) in [5.74, 6) is 1.30. The van der Waals surface area contributed by atoms with Crippen molar-refractivity contribution in [2.24, 2.45) is 5.92 Å². The summed E-state index contributed by atoms with van der Waals surface area (Å²) in [5.41, 5.74) is 6.58. The van der Waals surface area contributed by atoms with Gasteiger partial charge in [-0.1, -0.05) is 30.3 Å². The molecule has 2 rings (SSSR count). The first-order valence-corrected chi connectivity index (χ1v) is 6.29. The number of thiophene rings is 1. The van der Waals surface area contributed by atoms with Crippen molar-refractivity contribution in [1.29, 1.82) is 0 Å². The van der Waals surface area contributed by atoms with Crippen LogP contribution in [0.25, 0.3) is 10.6 Å². The zero-order valence-corrected chi connectivity index (χ0v) is 10.9. The van der Waals surface area contributed by atoms with Gasteiger partial charge >= 0.3 is 5.00 Å². The van der Waals surface area contributed by atoms with Crippen molar-refractivity contribution >= 4 is 22.2 Å². The lowest BCUT2D eigenvalue weighted by Crippen LogP contribution is -1.98. The van der Waals surface area contributed by atoms with E-state index in [0.717, 1.165) is 23.3 Å². The molecule has 0 unspecified atom stereocenters. The number of nitrogens with two attached hydrogens (primary N) is 1. The predicted molar refractivity (Wildman–Crippen MR) is 69.4 cm³/mol. The van der Waals surface area contributed by atoms with Crippen LogP contribution in [0.5, 0.6) is 0 Å². The van der Waals surface area contributed by atoms with Gasteiger partial charge in [0.1, 0.15) is 0 Å². The van der Waals surface area contributed by atoms with Crippen molar-refractivity contribution < 1.29 is 9.45 Å². The van der Waals surface area contributed by atoms with Gasteiger partial charge in [0.15, 0.2) is 11.6 Å². The Labute approximate surface area is 108 Å². The third-order valence-corrected chi connectivity index (χ3v) is 3.46. The Bertz CT molecular complexity index is 574. The number of hydrogen-bond acceptors (Lipinski definition) is 6. The van der Waals surface area contributed by atoms with Crippen LogP contribution >= 0.6 is 11.3 Å². The summed E-state index contributed by atoms with van der Waals surface area (Å²) in [6.45, 7) is 4.13. The average Bonchev–Trinajstić information content (AvgIpc) is 2.86. The Morgan fingerprint density at radius 2 is 2.28 bits per heavy atom. The summed E-state index contributed by atoms with van der Waals surface area (Å²) in [6.07, 6.45) is 0.733. The standard InChI is InChI=1S/C11H13N3O3S/c1-6(2)5-7-10(17-13-11(7)12)8-3-4-9(18-8)14(15)16/h3-4,6H,5H2,1-2H3,(H2,12,13). The molecule has 0 saturated heterocycles. The van der Waals surface area contributed by atoms with E-state index in [2.05, 4.69) is 19.0 Å². The fourth-order valence-electron chi connectivity index (χ4n) is 1.67. The van der Waals surface area contributed by atoms with Crippen LogP contribution in [0.3, 0.4) is 0 Å². The van der Waals surface area contributed by atoms with Gasteiger partial charge in [0.25, 0.3) is 0 Å². The van der Waals surface area contributed by atoms with Crippen LogP contribution in [0.1, 0.15) is 19.4 Å². The molecule has 0 aliphatic carbocycles. The maximum atomic E-state index is 10.7. The Kier molecular flexibility index (Phi) is 3.33. The summed E-state index contributed by atoms with van der Waals surface area (Å²) < 4.78 is 5.19. The molecule has 6 nitrogen and oxygen atoms in total. The average molecular weight is 267 g/mol. The van der Waals surface area contributed by atoms with Gasteiger partial charge in [-0.3, -0.25) is 10.1 Å². The second-order valence-electron chi connectivity index (χ2n) is 4.37. The van der Waals surface area contributed by atoms with Crippen LogP contribution < -0.4 is 5.73 Å². The second kappa shape index (κ2) is 4.77. The smallest absolute Gasteiger partial charge is 0.324 e. The number of nitrogens with zero attached hydrogens (tertiary/aromatic N) is 2. The third kappa shape index (κ3) is 2.35. The zero-order chi connectivity index (χ0) is 13.3. The van der Waals surface area contributed by atoms with E-state index in [0.29, 0.717) is 22.4 Å². The van der Waals surface area contributed by atoms with E-state index in [1.54, 1.807) is 6.07 Å². The molecule has 2 N–H and O–H groups in total. The number of hydrogen-bond donors (Lipinski definition) is 1. The molecule has 7 heteroatoms. The Balaban J connectivity index is 2.40. The first-order chi connectivity index (χ1) is 8.49. The maximum absolute atomic E-state index is 10.7. The highest BCUT2D eigenvalue weighted by Crippen LogP contribution is 2.37. The highest BCUT2D eigenvalue weighted by molar-refractivity contribution is 7.18. The topological polar surface area (TPSA) is 95.2 Å². The number of anilines is 1. The van der Waals surface area contributed by atoms with E-state index in [4.69, 9.17) is 10.3 Å². The minimum Gasteiger partial charge on any atom is -0.381 e. The minimum atomic E-state index is -0.421. The van der Waals surface area contributed by atoms with E-state index in [1.807, 2.05) is 0 Å². The van der Waals surface area contributed by atoms with Gasteiger partial charge < -0.3 is 10.3 Å². The summed E-state index contributed by atoms with van der Waals surface area (Å²) in [7, 11) is 0. The molecule has 18 heavy (non-hydrogen) atoms. The van der Waals surface area contributed by atoms with Gasteiger partial charge in [0, 0.05) is 11.6 Å². The molecule has 0 spiro atoms. The van der Waals surface area contributed by atoms with Gasteiger partial charge in [0.05, 0.1) is 9.80 Å². The molecule has 0 atom stereocenters. The van der Waals surface area contributed by atoms with Gasteiger partial charge in [-0.05, 0) is 18.4 Å². The van der Waals surface area contributed by atoms with Crippen LogP contribution in [0.15, 0.2) is 16.7 Å². The second-order valence-corrected chi connectivity index (χ2v) is 5.43. The van der Waals surface area contributed by atoms with Gasteiger partial charge in [0.2, 0.25) is 0 Å². The van der Waals surface area contributed by atoms with Gasteiger partial charge in [-0.2, -0.15) is 0 Å². The molecule has 96 valence electrons. The lowest BCUT2D eigenvalue weighted by molar-refractivity contribution is -0.380. The lowest BCUT2D eigenvalue weighted by Gasteiger charge is -2.03. The molecular formula is C11H13N3O3S. The minimum absolute atomic E-state index is 0.0791. The van der Waals surface area contributed by atoms with E-state index in [-0.39, 0.29) is 5.00 Å².